The lowest BCUT2D eigenvalue weighted by atomic mass is 10.2. The maximum absolute atomic E-state index is 12.7. The van der Waals surface area contributed by atoms with Gasteiger partial charge in [0.2, 0.25) is 0 Å². The van der Waals surface area contributed by atoms with Gasteiger partial charge in [0, 0.05) is 10.8 Å². The van der Waals surface area contributed by atoms with Gasteiger partial charge in [0.25, 0.3) is 5.91 Å². The SMILES string of the molecule is CCCCOC(=O)c1c(OS(=O)(=O)C(F)(F)F)csc1NC(=O)c1cc2ccccc2o1. The third-order valence-corrected chi connectivity index (χ3v) is 5.89. The Morgan fingerprint density at radius 2 is 1.94 bits per heavy atom. The van der Waals surface area contributed by atoms with Gasteiger partial charge in [-0.25, -0.2) is 4.79 Å². The molecule has 0 atom stereocenters. The summed E-state index contributed by atoms with van der Waals surface area (Å²) in [5, 5.41) is 3.56. The molecule has 0 radical (unpaired) electrons. The molecule has 3 aromatic rings. The van der Waals surface area contributed by atoms with Crippen molar-refractivity contribution in [2.75, 3.05) is 11.9 Å². The number of esters is 1. The first kappa shape index (κ1) is 23.6. The summed E-state index contributed by atoms with van der Waals surface area (Å²) in [5.41, 5.74) is -5.94. The van der Waals surface area contributed by atoms with Gasteiger partial charge in [-0.3, -0.25) is 4.79 Å². The van der Waals surface area contributed by atoms with Crippen molar-refractivity contribution in [1.82, 2.24) is 0 Å². The topological polar surface area (TPSA) is 112 Å². The van der Waals surface area contributed by atoms with Gasteiger partial charge in [-0.1, -0.05) is 31.5 Å². The third-order valence-electron chi connectivity index (χ3n) is 4.05. The Hall–Kier alpha value is -3.06. The second kappa shape index (κ2) is 9.20. The monoisotopic (exact) mass is 491 g/mol. The van der Waals surface area contributed by atoms with E-state index in [0.29, 0.717) is 35.1 Å². The van der Waals surface area contributed by atoms with Gasteiger partial charge in [0.05, 0.1) is 6.61 Å². The van der Waals surface area contributed by atoms with E-state index in [4.69, 9.17) is 9.15 Å². The first-order valence-electron chi connectivity index (χ1n) is 9.12. The quantitative estimate of drug-likeness (QED) is 0.206. The van der Waals surface area contributed by atoms with E-state index in [9.17, 15) is 31.2 Å². The highest BCUT2D eigenvalue weighted by molar-refractivity contribution is 7.88. The van der Waals surface area contributed by atoms with Crippen molar-refractivity contribution in [2.24, 2.45) is 0 Å². The molecule has 3 rings (SSSR count). The molecule has 0 fully saturated rings. The molecule has 1 N–H and O–H groups in total. The molecule has 2 heterocycles. The summed E-state index contributed by atoms with van der Waals surface area (Å²) < 4.78 is 75.5. The molecule has 172 valence electrons. The molecule has 0 bridgehead atoms. The van der Waals surface area contributed by atoms with Crippen LogP contribution in [-0.4, -0.2) is 32.4 Å². The van der Waals surface area contributed by atoms with E-state index in [0.717, 1.165) is 5.38 Å². The first-order chi connectivity index (χ1) is 15.0. The number of hydrogen-bond acceptors (Lipinski definition) is 8. The van der Waals surface area contributed by atoms with E-state index in [-0.39, 0.29) is 17.4 Å². The lowest BCUT2D eigenvalue weighted by molar-refractivity contribution is -0.0500. The van der Waals surface area contributed by atoms with Crippen LogP contribution in [-0.2, 0) is 14.9 Å². The number of unbranched alkanes of at least 4 members (excludes halogenated alkanes) is 1. The summed E-state index contributed by atoms with van der Waals surface area (Å²) in [4.78, 5) is 25.1. The van der Waals surface area contributed by atoms with E-state index in [1.54, 1.807) is 24.3 Å². The zero-order chi connectivity index (χ0) is 23.5. The zero-order valence-corrected chi connectivity index (χ0v) is 18.0. The molecular weight excluding hydrogens is 475 g/mol. The van der Waals surface area contributed by atoms with Crippen LogP contribution in [0, 0.1) is 0 Å². The molecule has 0 spiro atoms. The number of thiophene rings is 1. The summed E-state index contributed by atoms with van der Waals surface area (Å²) in [6.07, 6.45) is 1.13. The first-order valence-corrected chi connectivity index (χ1v) is 11.4. The second-order valence-corrected chi connectivity index (χ2v) is 8.80. The second-order valence-electron chi connectivity index (χ2n) is 6.38. The average molecular weight is 491 g/mol. The smallest absolute Gasteiger partial charge is 0.462 e. The molecule has 1 aromatic carbocycles. The van der Waals surface area contributed by atoms with Crippen molar-refractivity contribution < 1.29 is 44.5 Å². The van der Waals surface area contributed by atoms with Crippen molar-refractivity contribution in [1.29, 1.82) is 0 Å². The van der Waals surface area contributed by atoms with Gasteiger partial charge in [0.15, 0.2) is 11.5 Å². The maximum Gasteiger partial charge on any atom is 0.534 e. The highest BCUT2D eigenvalue weighted by Gasteiger charge is 2.49. The van der Waals surface area contributed by atoms with Gasteiger partial charge < -0.3 is 18.7 Å². The third kappa shape index (κ3) is 5.05. The molecule has 0 saturated heterocycles. The fourth-order valence-corrected chi connectivity index (χ4v) is 3.86. The van der Waals surface area contributed by atoms with Crippen LogP contribution in [0.15, 0.2) is 40.1 Å². The van der Waals surface area contributed by atoms with Crippen molar-refractivity contribution >= 4 is 49.3 Å². The van der Waals surface area contributed by atoms with Crippen LogP contribution in [0.1, 0.15) is 40.7 Å². The molecular formula is C19H16F3NO7S2. The van der Waals surface area contributed by atoms with Crippen LogP contribution in [0.4, 0.5) is 18.2 Å². The van der Waals surface area contributed by atoms with Crippen LogP contribution in [0.2, 0.25) is 0 Å². The molecule has 0 aliphatic rings. The Balaban J connectivity index is 1.92. The number of carbonyl (C=O) groups excluding carboxylic acids is 2. The van der Waals surface area contributed by atoms with Gasteiger partial charge >= 0.3 is 21.6 Å². The summed E-state index contributed by atoms with van der Waals surface area (Å²) in [6.45, 7) is 1.76. The minimum Gasteiger partial charge on any atom is -0.462 e. The van der Waals surface area contributed by atoms with E-state index in [1.165, 1.54) is 6.07 Å². The minimum atomic E-state index is -6.05. The molecule has 2 aromatic heterocycles. The predicted molar refractivity (Wildman–Crippen MR) is 109 cm³/mol. The standard InChI is InChI=1S/C19H16F3NO7S2/c1-2-3-8-28-18(25)15-14(30-32(26,27)19(20,21)22)10-31-17(15)23-16(24)13-9-11-6-4-5-7-12(11)29-13/h4-7,9-10H,2-3,8H2,1H3,(H,23,24). The van der Waals surface area contributed by atoms with Crippen LogP contribution < -0.4 is 9.50 Å². The number of benzene rings is 1. The number of fused-ring (bicyclic) bond motifs is 1. The van der Waals surface area contributed by atoms with Gasteiger partial charge in [-0.15, -0.1) is 11.3 Å². The van der Waals surface area contributed by atoms with E-state index in [2.05, 4.69) is 9.50 Å². The van der Waals surface area contributed by atoms with E-state index < -0.39 is 38.8 Å². The van der Waals surface area contributed by atoms with E-state index >= 15 is 0 Å². The number of alkyl halides is 3. The summed E-state index contributed by atoms with van der Waals surface area (Å²) >= 11 is 0.594. The highest BCUT2D eigenvalue weighted by atomic mass is 32.2. The number of rotatable bonds is 8. The van der Waals surface area contributed by atoms with Crippen LogP contribution in [0.25, 0.3) is 11.0 Å². The molecule has 0 aliphatic carbocycles. The number of furan rings is 1. The van der Waals surface area contributed by atoms with Gasteiger partial charge in [-0.05, 0) is 18.6 Å². The van der Waals surface area contributed by atoms with Crippen molar-refractivity contribution in [3.63, 3.8) is 0 Å². The number of hydrogen-bond donors (Lipinski definition) is 1. The Morgan fingerprint density at radius 1 is 1.22 bits per heavy atom. The van der Waals surface area contributed by atoms with E-state index in [1.807, 2.05) is 6.92 Å². The van der Waals surface area contributed by atoms with Crippen LogP contribution in [0.3, 0.4) is 0 Å². The number of ether oxygens (including phenoxy) is 1. The van der Waals surface area contributed by atoms with Crippen molar-refractivity contribution in [2.45, 2.75) is 25.3 Å². The highest BCUT2D eigenvalue weighted by Crippen LogP contribution is 2.38. The molecule has 8 nitrogen and oxygen atoms in total. The van der Waals surface area contributed by atoms with Crippen molar-refractivity contribution in [3.8, 4) is 5.75 Å². The molecule has 13 heteroatoms. The van der Waals surface area contributed by atoms with Crippen LogP contribution in [0.5, 0.6) is 5.75 Å². The molecule has 0 aliphatic heterocycles. The average Bonchev–Trinajstić information content (AvgIpc) is 3.31. The Labute approximate surface area is 184 Å². The Kier molecular flexibility index (Phi) is 6.79. The number of anilines is 1. The number of amides is 1. The summed E-state index contributed by atoms with van der Waals surface area (Å²) in [7, 11) is -6.05. The van der Waals surface area contributed by atoms with Gasteiger partial charge in [0.1, 0.15) is 16.1 Å². The predicted octanol–water partition coefficient (Wildman–Crippen LogP) is 4.93. The lowest BCUT2D eigenvalue weighted by Gasteiger charge is -2.11. The van der Waals surface area contributed by atoms with Crippen LogP contribution >= 0.6 is 11.3 Å². The zero-order valence-electron chi connectivity index (χ0n) is 16.4. The molecule has 0 saturated carbocycles. The number of para-hydroxylation sites is 1. The van der Waals surface area contributed by atoms with Crippen molar-refractivity contribution in [3.05, 3.63) is 47.0 Å². The van der Waals surface area contributed by atoms with Gasteiger partial charge in [-0.2, -0.15) is 21.6 Å². The summed E-state index contributed by atoms with van der Waals surface area (Å²) in [6, 6.07) is 8.19. The lowest BCUT2D eigenvalue weighted by Crippen LogP contribution is -2.28. The Bertz CT molecular complexity index is 1210. The Morgan fingerprint density at radius 3 is 2.59 bits per heavy atom. The minimum absolute atomic E-state index is 0.0619. The number of nitrogens with one attached hydrogen (secondary N) is 1. The fourth-order valence-electron chi connectivity index (χ4n) is 2.49. The number of carbonyl (C=O) groups is 2. The fraction of sp³-hybridized carbons (Fsp3) is 0.263. The maximum atomic E-state index is 12.7. The molecule has 1 amide bonds. The summed E-state index contributed by atoms with van der Waals surface area (Å²) in [5.74, 6) is -2.99. The number of halogens is 3. The normalized spacial score (nSPS) is 12.0. The largest absolute Gasteiger partial charge is 0.534 e. The molecule has 32 heavy (non-hydrogen) atoms. The molecule has 0 unspecified atom stereocenters.